The van der Waals surface area contributed by atoms with Gasteiger partial charge < -0.3 is 9.11 Å². The summed E-state index contributed by atoms with van der Waals surface area (Å²) in [4.78, 5) is 0. The molecule has 4 N–H and O–H groups in total. The van der Waals surface area contributed by atoms with Gasteiger partial charge >= 0.3 is 18.9 Å². The van der Waals surface area contributed by atoms with Gasteiger partial charge in [-0.3, -0.25) is 8.42 Å². The van der Waals surface area contributed by atoms with E-state index in [1.165, 1.54) is 0 Å². The van der Waals surface area contributed by atoms with Crippen LogP contribution in [-0.4, -0.2) is 22.7 Å². The van der Waals surface area contributed by atoms with Crippen molar-refractivity contribution in [3.8, 4) is 0 Å². The largest absolute Gasteiger partial charge is 1.00 e. The average molecular weight is 137 g/mol. The van der Waals surface area contributed by atoms with E-state index in [9.17, 15) is 0 Å². The molecular formula is H4LiNO5S. The molecule has 0 saturated heterocycles. The molecule has 0 radical (unpaired) electrons. The zero-order chi connectivity index (χ0) is 6.50. The Bertz CT molecular complexity index is 95.6. The molecule has 0 amide bonds. The van der Waals surface area contributed by atoms with Gasteiger partial charge in [-0.2, -0.15) is 0 Å². The molecule has 8 heavy (non-hydrogen) atoms. The summed E-state index contributed by atoms with van der Waals surface area (Å²) < 4.78 is 34.1. The van der Waals surface area contributed by atoms with Crippen molar-refractivity contribution in [2.24, 2.45) is 0 Å². The molecule has 46 valence electrons. The van der Waals surface area contributed by atoms with Crippen molar-refractivity contribution in [2.75, 3.05) is 0 Å². The molecule has 0 aromatic carbocycles. The maximum absolute atomic E-state index is 8.52. The molecule has 0 rings (SSSR count). The van der Waals surface area contributed by atoms with E-state index in [0.29, 0.717) is 0 Å². The fourth-order valence-corrected chi connectivity index (χ4v) is 0. The van der Waals surface area contributed by atoms with Crippen molar-refractivity contribution >= 4 is 10.4 Å². The fourth-order valence-electron chi connectivity index (χ4n) is 0. The minimum Gasteiger partial charge on any atom is -0.759 e. The standard InChI is InChI=1S/Li.H4NO.H2O4S/c;1-2;1-5(2,3)4/h;2H,1H3;(H2,1,2,3,4)/q2*+1;/p-2. The average Bonchev–Trinajstić information content (AvgIpc) is 1.36. The Morgan fingerprint density at radius 3 is 1.25 bits per heavy atom. The van der Waals surface area contributed by atoms with Crippen LogP contribution in [-0.2, 0) is 10.4 Å². The Morgan fingerprint density at radius 2 is 1.25 bits per heavy atom. The molecule has 0 aliphatic heterocycles. The van der Waals surface area contributed by atoms with Gasteiger partial charge in [0.15, 0.2) is 0 Å². The predicted molar refractivity (Wildman–Crippen MR) is 15.1 cm³/mol. The second-order valence-corrected chi connectivity index (χ2v) is 1.22. The summed E-state index contributed by atoms with van der Waals surface area (Å²) in [5, 5.41) is 6.75. The number of hydrogen-bond donors (Lipinski definition) is 2. The summed E-state index contributed by atoms with van der Waals surface area (Å²) in [5.41, 5.74) is 0. The van der Waals surface area contributed by atoms with Crippen LogP contribution in [0, 0.1) is 0 Å². The summed E-state index contributed by atoms with van der Waals surface area (Å²) in [6, 6.07) is 0. The Kier molecular flexibility index (Phi) is 14.6. The molecule has 6 nitrogen and oxygen atoms in total. The second-order valence-electron chi connectivity index (χ2n) is 0.408. The fraction of sp³-hybridized carbons (Fsp3) is 0. The van der Waals surface area contributed by atoms with E-state index in [0.717, 1.165) is 0 Å². The third-order valence-corrected chi connectivity index (χ3v) is 0. The Hall–Kier alpha value is 0.387. The quantitative estimate of drug-likeness (QED) is 0.149. The Morgan fingerprint density at radius 1 is 1.25 bits per heavy atom. The van der Waals surface area contributed by atoms with Crippen molar-refractivity contribution in [3.05, 3.63) is 0 Å². The van der Waals surface area contributed by atoms with Gasteiger partial charge in [0.1, 0.15) is 0 Å². The topological polar surface area (TPSA) is 128 Å². The maximum Gasteiger partial charge on any atom is 1.00 e. The molecule has 8 heteroatoms. The smallest absolute Gasteiger partial charge is 0.759 e. The summed E-state index contributed by atoms with van der Waals surface area (Å²) in [6.07, 6.45) is 0. The van der Waals surface area contributed by atoms with Gasteiger partial charge in [-0.25, -0.2) is 11.1 Å². The molecule has 0 aromatic heterocycles. The molecule has 0 bridgehead atoms. The van der Waals surface area contributed by atoms with Gasteiger partial charge in [0, 0.05) is 10.4 Å². The van der Waals surface area contributed by atoms with Crippen LogP contribution >= 0.6 is 0 Å². The van der Waals surface area contributed by atoms with Crippen LogP contribution in [0.15, 0.2) is 0 Å². The minimum absolute atomic E-state index is 0. The van der Waals surface area contributed by atoms with E-state index in [1.54, 1.807) is 0 Å². The second kappa shape index (κ2) is 7.39. The van der Waals surface area contributed by atoms with Crippen molar-refractivity contribution in [1.29, 1.82) is 0 Å². The molecule has 0 unspecified atom stereocenters. The first kappa shape index (κ1) is 15.8. The van der Waals surface area contributed by atoms with Crippen LogP contribution in [0.4, 0.5) is 0 Å². The summed E-state index contributed by atoms with van der Waals surface area (Å²) in [5.74, 6) is 2.25. The maximum atomic E-state index is 8.52. The first-order valence-corrected chi connectivity index (χ1v) is 2.32. The summed E-state index contributed by atoms with van der Waals surface area (Å²) in [6.45, 7) is 0. The summed E-state index contributed by atoms with van der Waals surface area (Å²) >= 11 is 0. The molecule has 0 saturated carbocycles. The van der Waals surface area contributed by atoms with E-state index in [1.807, 2.05) is 0 Å². The van der Waals surface area contributed by atoms with Gasteiger partial charge in [0.2, 0.25) is 0 Å². The van der Waals surface area contributed by atoms with E-state index in [4.69, 9.17) is 22.7 Å². The monoisotopic (exact) mass is 137 g/mol. The zero-order valence-corrected chi connectivity index (χ0v) is 5.01. The predicted octanol–water partition coefficient (Wildman–Crippen LogP) is -5.72. The van der Waals surface area contributed by atoms with Crippen LogP contribution in [0.1, 0.15) is 0 Å². The van der Waals surface area contributed by atoms with Crippen molar-refractivity contribution in [1.82, 2.24) is 0 Å². The Labute approximate surface area is 58.4 Å². The molecule has 0 fully saturated rings. The number of hydrogen-bond acceptors (Lipinski definition) is 5. The van der Waals surface area contributed by atoms with E-state index in [-0.39, 0.29) is 18.9 Å². The van der Waals surface area contributed by atoms with Crippen molar-refractivity contribution in [2.45, 2.75) is 0 Å². The third-order valence-electron chi connectivity index (χ3n) is 0. The van der Waals surface area contributed by atoms with Gasteiger partial charge in [-0.05, 0) is 0 Å². The van der Waals surface area contributed by atoms with E-state index >= 15 is 0 Å². The van der Waals surface area contributed by atoms with Crippen LogP contribution < -0.4 is 24.8 Å². The van der Waals surface area contributed by atoms with Crippen molar-refractivity contribution in [3.63, 3.8) is 0 Å². The third kappa shape index (κ3) is 1240. The normalized spacial score (nSPS) is 8.00. The summed E-state index contributed by atoms with van der Waals surface area (Å²) in [7, 11) is -5.17. The first-order valence-electron chi connectivity index (χ1n) is 0.983. The number of rotatable bonds is 0. The molecule has 0 aliphatic carbocycles. The zero-order valence-electron chi connectivity index (χ0n) is 4.20. The molecule has 0 spiro atoms. The Balaban J connectivity index is -0.0000000750. The molecular weight excluding hydrogens is 133 g/mol. The van der Waals surface area contributed by atoms with Crippen LogP contribution in [0.2, 0.25) is 0 Å². The van der Waals surface area contributed by atoms with Crippen LogP contribution in [0.5, 0.6) is 0 Å². The molecule has 0 aliphatic rings. The van der Waals surface area contributed by atoms with E-state index < -0.39 is 10.4 Å². The van der Waals surface area contributed by atoms with Crippen molar-refractivity contribution < 1.29 is 47.5 Å². The van der Waals surface area contributed by atoms with Gasteiger partial charge in [-0.1, -0.05) is 0 Å². The minimum atomic E-state index is -5.17. The van der Waals surface area contributed by atoms with Gasteiger partial charge in [-0.15, -0.1) is 0 Å². The van der Waals surface area contributed by atoms with E-state index in [2.05, 4.69) is 5.90 Å². The first-order chi connectivity index (χ1) is 3.00. The van der Waals surface area contributed by atoms with Crippen LogP contribution in [0.25, 0.3) is 0 Å². The molecule has 0 aromatic rings. The number of quaternary nitrogens is 1. The molecule has 0 atom stereocenters. The van der Waals surface area contributed by atoms with Gasteiger partial charge in [0.05, 0.1) is 0 Å². The van der Waals surface area contributed by atoms with Gasteiger partial charge in [0.25, 0.3) is 0 Å². The SMILES string of the molecule is O=S(=O)([O-])[O-].[Li+].[NH3+]O. The van der Waals surface area contributed by atoms with Crippen LogP contribution in [0.3, 0.4) is 0 Å². The molecule has 0 heterocycles.